The number of hydrogen-bond donors (Lipinski definition) is 1. The molecule has 1 aliphatic heterocycles. The maximum atomic E-state index is 14.3. The number of morpholine rings is 1. The van der Waals surface area contributed by atoms with E-state index in [0.29, 0.717) is 24.7 Å². The van der Waals surface area contributed by atoms with Gasteiger partial charge in [0.15, 0.2) is 11.5 Å². The van der Waals surface area contributed by atoms with Crippen molar-refractivity contribution < 1.29 is 9.13 Å². The number of anilines is 3. The SMILES string of the molecule is Fc1cc(Nc2cnc3ccc(-c4ccccc4)nn23)cc(N2CCOCC2)c1. The van der Waals surface area contributed by atoms with E-state index in [4.69, 9.17) is 9.84 Å². The van der Waals surface area contributed by atoms with E-state index in [-0.39, 0.29) is 5.82 Å². The van der Waals surface area contributed by atoms with E-state index >= 15 is 0 Å². The fraction of sp³-hybridized carbons (Fsp3) is 0.182. The molecule has 29 heavy (non-hydrogen) atoms. The number of nitrogens with zero attached hydrogens (tertiary/aromatic N) is 4. The molecule has 7 heteroatoms. The molecule has 0 radical (unpaired) electrons. The van der Waals surface area contributed by atoms with Crippen molar-refractivity contribution in [2.45, 2.75) is 0 Å². The highest BCUT2D eigenvalue weighted by molar-refractivity contribution is 5.66. The number of imidazole rings is 1. The molecule has 1 aliphatic rings. The van der Waals surface area contributed by atoms with Crippen LogP contribution in [0.15, 0.2) is 66.9 Å². The summed E-state index contributed by atoms with van der Waals surface area (Å²) in [5.74, 6) is 0.388. The molecule has 6 nitrogen and oxygen atoms in total. The number of rotatable bonds is 4. The van der Waals surface area contributed by atoms with Crippen LogP contribution in [0.3, 0.4) is 0 Å². The standard InChI is InChI=1S/C22H20FN5O/c23-17-12-18(14-19(13-17)27-8-10-29-11-9-27)25-22-15-24-21-7-6-20(26-28(21)22)16-4-2-1-3-5-16/h1-7,12-15,25H,8-11H2. The molecule has 0 bridgehead atoms. The quantitative estimate of drug-likeness (QED) is 0.569. The summed E-state index contributed by atoms with van der Waals surface area (Å²) in [4.78, 5) is 6.52. The second-order valence-corrected chi connectivity index (χ2v) is 6.92. The van der Waals surface area contributed by atoms with Gasteiger partial charge in [0.25, 0.3) is 0 Å². The Hall–Kier alpha value is -3.45. The Bertz CT molecular complexity index is 1140. The van der Waals surface area contributed by atoms with Gasteiger partial charge in [-0.2, -0.15) is 9.61 Å². The molecule has 3 heterocycles. The molecule has 4 aromatic rings. The molecule has 0 amide bonds. The third-order valence-corrected chi connectivity index (χ3v) is 4.96. The van der Waals surface area contributed by atoms with Gasteiger partial charge >= 0.3 is 0 Å². The van der Waals surface area contributed by atoms with Crippen molar-refractivity contribution in [1.29, 1.82) is 0 Å². The van der Waals surface area contributed by atoms with Crippen LogP contribution < -0.4 is 10.2 Å². The monoisotopic (exact) mass is 389 g/mol. The fourth-order valence-corrected chi connectivity index (χ4v) is 3.52. The number of aromatic nitrogens is 3. The molecule has 1 saturated heterocycles. The zero-order valence-electron chi connectivity index (χ0n) is 15.8. The van der Waals surface area contributed by atoms with Crippen LogP contribution in [0.25, 0.3) is 16.9 Å². The van der Waals surface area contributed by atoms with Crippen LogP contribution in [-0.4, -0.2) is 40.9 Å². The summed E-state index contributed by atoms with van der Waals surface area (Å²) in [7, 11) is 0. The molecule has 1 fully saturated rings. The summed E-state index contributed by atoms with van der Waals surface area (Å²) in [5, 5.41) is 7.97. The van der Waals surface area contributed by atoms with Crippen LogP contribution in [0, 0.1) is 5.82 Å². The fourth-order valence-electron chi connectivity index (χ4n) is 3.52. The minimum atomic E-state index is -0.289. The summed E-state index contributed by atoms with van der Waals surface area (Å²) < 4.78 is 21.4. The predicted molar refractivity (Wildman–Crippen MR) is 111 cm³/mol. The summed E-state index contributed by atoms with van der Waals surface area (Å²) in [6.07, 6.45) is 1.70. The van der Waals surface area contributed by atoms with Crippen molar-refractivity contribution in [3.8, 4) is 11.3 Å². The molecule has 0 aliphatic carbocycles. The first kappa shape index (κ1) is 17.6. The van der Waals surface area contributed by atoms with Crippen LogP contribution >= 0.6 is 0 Å². The number of ether oxygens (including phenoxy) is 1. The van der Waals surface area contributed by atoms with Gasteiger partial charge in [-0.15, -0.1) is 0 Å². The number of hydrogen-bond acceptors (Lipinski definition) is 5. The smallest absolute Gasteiger partial charge is 0.155 e. The van der Waals surface area contributed by atoms with Gasteiger partial charge in [0, 0.05) is 30.0 Å². The number of nitrogens with one attached hydrogen (secondary N) is 1. The number of fused-ring (bicyclic) bond motifs is 1. The molecule has 1 N–H and O–H groups in total. The summed E-state index contributed by atoms with van der Waals surface area (Å²) in [6.45, 7) is 2.80. The van der Waals surface area contributed by atoms with E-state index in [1.165, 1.54) is 6.07 Å². The van der Waals surface area contributed by atoms with Crippen LogP contribution in [-0.2, 0) is 4.74 Å². The summed E-state index contributed by atoms with van der Waals surface area (Å²) >= 11 is 0. The second kappa shape index (κ2) is 7.52. The van der Waals surface area contributed by atoms with Crippen molar-refractivity contribution in [2.75, 3.05) is 36.5 Å². The third-order valence-electron chi connectivity index (χ3n) is 4.96. The lowest BCUT2D eigenvalue weighted by atomic mass is 10.1. The molecule has 2 aromatic carbocycles. The highest BCUT2D eigenvalue weighted by Gasteiger charge is 2.14. The van der Waals surface area contributed by atoms with Crippen LogP contribution in [0.2, 0.25) is 0 Å². The Kier molecular flexibility index (Phi) is 4.57. The van der Waals surface area contributed by atoms with Gasteiger partial charge in [0.05, 0.1) is 25.1 Å². The molecule has 5 rings (SSSR count). The lowest BCUT2D eigenvalue weighted by molar-refractivity contribution is 0.122. The molecule has 0 spiro atoms. The second-order valence-electron chi connectivity index (χ2n) is 6.92. The Morgan fingerprint density at radius 3 is 2.62 bits per heavy atom. The molecule has 146 valence electrons. The van der Waals surface area contributed by atoms with Gasteiger partial charge in [0.1, 0.15) is 5.82 Å². The summed E-state index contributed by atoms with van der Waals surface area (Å²) in [6, 6.07) is 18.8. The Balaban J connectivity index is 1.48. The van der Waals surface area contributed by atoms with E-state index in [1.54, 1.807) is 16.8 Å². The van der Waals surface area contributed by atoms with Gasteiger partial charge in [0.2, 0.25) is 0 Å². The highest BCUT2D eigenvalue weighted by atomic mass is 19.1. The Morgan fingerprint density at radius 2 is 1.79 bits per heavy atom. The van der Waals surface area contributed by atoms with E-state index in [0.717, 1.165) is 35.7 Å². The zero-order valence-corrected chi connectivity index (χ0v) is 15.8. The van der Waals surface area contributed by atoms with E-state index < -0.39 is 0 Å². The lowest BCUT2D eigenvalue weighted by Crippen LogP contribution is -2.36. The summed E-state index contributed by atoms with van der Waals surface area (Å²) in [5.41, 5.74) is 4.07. The Labute approximate surface area is 167 Å². The van der Waals surface area contributed by atoms with Gasteiger partial charge in [-0.05, 0) is 30.3 Å². The topological polar surface area (TPSA) is 54.7 Å². The van der Waals surface area contributed by atoms with E-state index in [1.807, 2.05) is 48.5 Å². The molecule has 0 saturated carbocycles. The maximum absolute atomic E-state index is 14.3. The normalized spacial score (nSPS) is 14.3. The van der Waals surface area contributed by atoms with Crippen molar-refractivity contribution in [2.24, 2.45) is 0 Å². The Morgan fingerprint density at radius 1 is 0.966 bits per heavy atom. The van der Waals surface area contributed by atoms with Gasteiger partial charge in [-0.1, -0.05) is 30.3 Å². The van der Waals surface area contributed by atoms with Crippen LogP contribution in [0.4, 0.5) is 21.6 Å². The molecule has 2 aromatic heterocycles. The molecule has 0 atom stereocenters. The van der Waals surface area contributed by atoms with Crippen molar-refractivity contribution in [1.82, 2.24) is 14.6 Å². The minimum Gasteiger partial charge on any atom is -0.378 e. The first-order chi connectivity index (χ1) is 14.3. The average Bonchev–Trinajstić information content (AvgIpc) is 3.16. The predicted octanol–water partition coefficient (Wildman–Crippen LogP) is 4.12. The molecular weight excluding hydrogens is 369 g/mol. The van der Waals surface area contributed by atoms with Crippen molar-refractivity contribution >= 4 is 22.8 Å². The van der Waals surface area contributed by atoms with Crippen molar-refractivity contribution in [3.05, 3.63) is 72.7 Å². The third kappa shape index (κ3) is 3.64. The maximum Gasteiger partial charge on any atom is 0.155 e. The molecular formula is C22H20FN5O. The largest absolute Gasteiger partial charge is 0.378 e. The van der Waals surface area contributed by atoms with Crippen LogP contribution in [0.5, 0.6) is 0 Å². The number of halogens is 1. The number of benzene rings is 2. The van der Waals surface area contributed by atoms with Gasteiger partial charge in [-0.25, -0.2) is 9.37 Å². The van der Waals surface area contributed by atoms with Gasteiger partial charge in [-0.3, -0.25) is 0 Å². The van der Waals surface area contributed by atoms with E-state index in [9.17, 15) is 4.39 Å². The first-order valence-electron chi connectivity index (χ1n) is 9.57. The zero-order chi connectivity index (χ0) is 19.6. The van der Waals surface area contributed by atoms with Crippen LogP contribution in [0.1, 0.15) is 0 Å². The minimum absolute atomic E-state index is 0.289. The van der Waals surface area contributed by atoms with Gasteiger partial charge < -0.3 is 15.0 Å². The van der Waals surface area contributed by atoms with Crippen molar-refractivity contribution in [3.63, 3.8) is 0 Å². The first-order valence-corrected chi connectivity index (χ1v) is 9.57. The van der Waals surface area contributed by atoms with E-state index in [2.05, 4.69) is 15.2 Å². The average molecular weight is 389 g/mol. The lowest BCUT2D eigenvalue weighted by Gasteiger charge is -2.29. The highest BCUT2D eigenvalue weighted by Crippen LogP contribution is 2.26. The molecule has 0 unspecified atom stereocenters.